The summed E-state index contributed by atoms with van der Waals surface area (Å²) in [6.07, 6.45) is 6.47. The Morgan fingerprint density at radius 3 is 2.70 bits per heavy atom. The monoisotopic (exact) mass is 514 g/mol. The van der Waals surface area contributed by atoms with Gasteiger partial charge in [-0.25, -0.2) is 0 Å². The molecule has 0 radical (unpaired) electrons. The second-order valence-corrected chi connectivity index (χ2v) is 10.0. The normalized spacial score (nSPS) is 23.8. The first-order chi connectivity index (χ1) is 17.9. The van der Waals surface area contributed by atoms with Gasteiger partial charge >= 0.3 is 0 Å². The lowest BCUT2D eigenvalue weighted by Crippen LogP contribution is -2.56. The highest BCUT2D eigenvalue weighted by molar-refractivity contribution is 5.96. The molecule has 4 atom stereocenters. The van der Waals surface area contributed by atoms with Crippen LogP contribution in [0.25, 0.3) is 0 Å². The fraction of sp³-hybridized carbons (Fsp3) is 0.571. The Morgan fingerprint density at radius 1 is 1.27 bits per heavy atom. The lowest BCUT2D eigenvalue weighted by Gasteiger charge is -2.41. The molecule has 0 spiro atoms. The molecule has 0 bridgehead atoms. The Labute approximate surface area is 217 Å². The van der Waals surface area contributed by atoms with Gasteiger partial charge in [0, 0.05) is 30.6 Å². The van der Waals surface area contributed by atoms with E-state index in [0.717, 1.165) is 32.1 Å². The van der Waals surface area contributed by atoms with Crippen molar-refractivity contribution in [1.29, 1.82) is 0 Å². The predicted octanol–water partition coefficient (Wildman–Crippen LogP) is 1.80. The molecule has 4 N–H and O–H groups in total. The fourth-order valence-corrected chi connectivity index (χ4v) is 5.30. The van der Waals surface area contributed by atoms with Crippen molar-refractivity contribution in [2.24, 2.45) is 5.92 Å². The molecule has 2 aliphatic carbocycles. The maximum absolute atomic E-state index is 13.4. The van der Waals surface area contributed by atoms with E-state index in [9.17, 15) is 24.9 Å². The molecule has 9 nitrogen and oxygen atoms in total. The number of hydrogen-bond donors (Lipinski definition) is 4. The van der Waals surface area contributed by atoms with Crippen LogP contribution in [0.5, 0.6) is 11.5 Å². The van der Waals surface area contributed by atoms with Crippen molar-refractivity contribution in [1.82, 2.24) is 10.2 Å². The molecule has 9 heteroatoms. The first kappa shape index (κ1) is 27.2. The van der Waals surface area contributed by atoms with E-state index in [-0.39, 0.29) is 25.7 Å². The molecular weight excluding hydrogens is 476 g/mol. The number of benzene rings is 1. The van der Waals surface area contributed by atoms with Gasteiger partial charge in [-0.15, -0.1) is 6.58 Å². The van der Waals surface area contributed by atoms with Crippen LogP contribution in [-0.2, 0) is 16.2 Å². The predicted molar refractivity (Wildman–Crippen MR) is 137 cm³/mol. The number of nitrogens with one attached hydrogen (secondary N) is 1. The smallest absolute Gasteiger partial charge is 0.247 e. The largest absolute Gasteiger partial charge is 0.493 e. The molecule has 1 aromatic carbocycles. The second kappa shape index (κ2) is 12.1. The van der Waals surface area contributed by atoms with Crippen LogP contribution in [0.2, 0.25) is 0 Å². The van der Waals surface area contributed by atoms with E-state index < -0.39 is 30.1 Å². The molecule has 3 aliphatic rings. The van der Waals surface area contributed by atoms with Crippen LogP contribution >= 0.6 is 0 Å². The van der Waals surface area contributed by atoms with Crippen molar-refractivity contribution in [3.05, 3.63) is 47.6 Å². The van der Waals surface area contributed by atoms with E-state index in [1.165, 1.54) is 7.11 Å². The van der Waals surface area contributed by atoms with Gasteiger partial charge in [-0.05, 0) is 61.8 Å². The van der Waals surface area contributed by atoms with Crippen molar-refractivity contribution in [3.63, 3.8) is 0 Å². The summed E-state index contributed by atoms with van der Waals surface area (Å²) in [5.74, 6) is 0.139. The van der Waals surface area contributed by atoms with E-state index in [2.05, 4.69) is 11.9 Å². The molecule has 37 heavy (non-hydrogen) atoms. The van der Waals surface area contributed by atoms with Gasteiger partial charge < -0.3 is 35.0 Å². The van der Waals surface area contributed by atoms with Crippen molar-refractivity contribution in [2.75, 3.05) is 26.8 Å². The molecule has 2 amide bonds. The number of allylic oxidation sites excluding steroid dienone is 1. The summed E-state index contributed by atoms with van der Waals surface area (Å²) in [4.78, 5) is 28.4. The van der Waals surface area contributed by atoms with Crippen LogP contribution < -0.4 is 14.8 Å². The average Bonchev–Trinajstić information content (AvgIpc) is 3.65. The van der Waals surface area contributed by atoms with E-state index in [1.807, 2.05) is 6.08 Å². The van der Waals surface area contributed by atoms with Gasteiger partial charge in [0.05, 0.1) is 32.3 Å². The Balaban J connectivity index is 1.71. The first-order valence-corrected chi connectivity index (χ1v) is 13.1. The molecule has 202 valence electrons. The van der Waals surface area contributed by atoms with Gasteiger partial charge in [0.25, 0.3) is 0 Å². The second-order valence-electron chi connectivity index (χ2n) is 10.0. The summed E-state index contributed by atoms with van der Waals surface area (Å²) in [5.41, 5.74) is 1.60. The highest BCUT2D eigenvalue weighted by Gasteiger charge is 2.51. The Morgan fingerprint density at radius 2 is 2.05 bits per heavy atom. The highest BCUT2D eigenvalue weighted by Crippen LogP contribution is 2.51. The number of rotatable bonds is 13. The van der Waals surface area contributed by atoms with Crippen molar-refractivity contribution in [2.45, 2.75) is 69.3 Å². The number of methoxy groups -OCH3 is 1. The number of amides is 2. The summed E-state index contributed by atoms with van der Waals surface area (Å²) >= 11 is 0. The van der Waals surface area contributed by atoms with E-state index in [4.69, 9.17) is 9.47 Å². The maximum atomic E-state index is 13.4. The van der Waals surface area contributed by atoms with Crippen molar-refractivity contribution >= 4 is 11.8 Å². The Hall–Kier alpha value is -2.88. The van der Waals surface area contributed by atoms with Crippen molar-refractivity contribution in [3.8, 4) is 11.5 Å². The summed E-state index contributed by atoms with van der Waals surface area (Å²) in [6.45, 7) is 3.89. The van der Waals surface area contributed by atoms with Gasteiger partial charge in [0.2, 0.25) is 11.8 Å². The van der Waals surface area contributed by atoms with Crippen molar-refractivity contribution < 1.29 is 34.4 Å². The fourth-order valence-electron chi connectivity index (χ4n) is 5.30. The average molecular weight is 515 g/mol. The molecular formula is C28H38N2O7. The lowest BCUT2D eigenvalue weighted by atomic mass is 9.77. The molecule has 0 aromatic heterocycles. The number of hydrogen-bond acceptors (Lipinski definition) is 7. The minimum Gasteiger partial charge on any atom is -0.493 e. The van der Waals surface area contributed by atoms with Gasteiger partial charge in [-0.1, -0.05) is 6.08 Å². The third-order valence-electron chi connectivity index (χ3n) is 7.38. The first-order valence-electron chi connectivity index (χ1n) is 13.1. The molecule has 1 fully saturated rings. The number of carbonyl (C=O) groups is 2. The highest BCUT2D eigenvalue weighted by atomic mass is 16.5. The summed E-state index contributed by atoms with van der Waals surface area (Å²) in [5, 5.41) is 33.4. The van der Waals surface area contributed by atoms with Crippen LogP contribution in [0.1, 0.15) is 55.6 Å². The zero-order valence-corrected chi connectivity index (χ0v) is 21.4. The minimum atomic E-state index is -1.08. The van der Waals surface area contributed by atoms with Crippen LogP contribution in [0.3, 0.4) is 0 Å². The topological polar surface area (TPSA) is 129 Å². The molecule has 1 saturated carbocycles. The lowest BCUT2D eigenvalue weighted by molar-refractivity contribution is -0.137. The number of aliphatic hydroxyl groups excluding tert-OH is 3. The third-order valence-corrected chi connectivity index (χ3v) is 7.38. The molecule has 1 heterocycles. The Bertz CT molecular complexity index is 1040. The minimum absolute atomic E-state index is 0.0551. The van der Waals surface area contributed by atoms with Gasteiger partial charge in [-0.3, -0.25) is 9.59 Å². The SMILES string of the molecule is C=CCCCCC(=O)N(CC1CC1)C1C=C(C(=O)NCCO)C2c3cc(CO)cc(OC)c3OC2C1O. The maximum Gasteiger partial charge on any atom is 0.247 e. The zero-order chi connectivity index (χ0) is 26.5. The van der Waals surface area contributed by atoms with Gasteiger partial charge in [0.15, 0.2) is 11.5 Å². The summed E-state index contributed by atoms with van der Waals surface area (Å²) in [6, 6.07) is 2.69. The van der Waals surface area contributed by atoms with E-state index >= 15 is 0 Å². The van der Waals surface area contributed by atoms with Gasteiger partial charge in [0.1, 0.15) is 12.2 Å². The van der Waals surface area contributed by atoms with Crippen LogP contribution in [0, 0.1) is 5.92 Å². The van der Waals surface area contributed by atoms with E-state index in [1.54, 1.807) is 23.1 Å². The molecule has 1 aliphatic heterocycles. The zero-order valence-electron chi connectivity index (χ0n) is 21.4. The van der Waals surface area contributed by atoms with E-state index in [0.29, 0.717) is 47.1 Å². The standard InChI is InChI=1S/C28H38N2O7/c1-3-4-5-6-7-23(33)30(15-17-8-9-17)21-14-20(28(35)29-10-11-31)24-19-12-18(16-32)13-22(36-2)26(19)37-27(24)25(21)34/h3,12-14,17,21,24-25,27,31-32,34H,1,4-11,15-16H2,2H3,(H,29,35). The Kier molecular flexibility index (Phi) is 8.89. The molecule has 1 aromatic rings. The third kappa shape index (κ3) is 5.84. The summed E-state index contributed by atoms with van der Waals surface area (Å²) < 4.78 is 11.7. The quantitative estimate of drug-likeness (QED) is 0.233. The number of aliphatic hydroxyl groups is 3. The van der Waals surface area contributed by atoms with Crippen LogP contribution in [0.4, 0.5) is 0 Å². The molecule has 0 saturated heterocycles. The summed E-state index contributed by atoms with van der Waals surface area (Å²) in [7, 11) is 1.49. The van der Waals surface area contributed by atoms with Crippen LogP contribution in [0.15, 0.2) is 36.4 Å². The number of unbranched alkanes of at least 4 members (excludes halogenated alkanes) is 2. The number of carbonyl (C=O) groups excluding carboxylic acids is 2. The number of ether oxygens (including phenoxy) is 2. The number of fused-ring (bicyclic) bond motifs is 3. The number of nitrogens with zero attached hydrogens (tertiary/aromatic N) is 1. The van der Waals surface area contributed by atoms with Gasteiger partial charge in [-0.2, -0.15) is 0 Å². The van der Waals surface area contributed by atoms with Crippen LogP contribution in [-0.4, -0.2) is 77.1 Å². The molecule has 4 unspecified atom stereocenters. The molecule has 4 rings (SSSR count).